The third-order valence-corrected chi connectivity index (χ3v) is 3.85. The number of amides is 1. The third-order valence-electron chi connectivity index (χ3n) is 2.74. The first-order valence-corrected chi connectivity index (χ1v) is 7.47. The maximum Gasteiger partial charge on any atom is 0.340 e. The first-order chi connectivity index (χ1) is 10.5. The summed E-state index contributed by atoms with van der Waals surface area (Å²) in [6.07, 6.45) is 1.29. The molecule has 1 aromatic carbocycles. The number of carbonyl (C=O) groups is 2. The highest BCUT2D eigenvalue weighted by molar-refractivity contribution is 9.10. The largest absolute Gasteiger partial charge is 0.452 e. The molecule has 0 aliphatic heterocycles. The topological polar surface area (TPSA) is 68.3 Å². The molecule has 5 nitrogen and oxygen atoms in total. The van der Waals surface area contributed by atoms with E-state index in [0.717, 1.165) is 10.0 Å². The van der Waals surface area contributed by atoms with Crippen molar-refractivity contribution in [2.24, 2.45) is 0 Å². The minimum absolute atomic E-state index is 0.233. The predicted octanol–water partition coefficient (Wildman–Crippen LogP) is 3.60. The van der Waals surface area contributed by atoms with Crippen molar-refractivity contribution in [3.05, 3.63) is 57.3 Å². The van der Waals surface area contributed by atoms with Gasteiger partial charge in [-0.15, -0.1) is 0 Å². The molecule has 0 saturated carbocycles. The van der Waals surface area contributed by atoms with Crippen molar-refractivity contribution in [1.82, 2.24) is 4.98 Å². The summed E-state index contributed by atoms with van der Waals surface area (Å²) in [5.74, 6) is -1.05. The Morgan fingerprint density at radius 1 is 1.32 bits per heavy atom. The Kier molecular flexibility index (Phi) is 5.51. The molecule has 0 fully saturated rings. The fourth-order valence-corrected chi connectivity index (χ4v) is 1.99. The van der Waals surface area contributed by atoms with Gasteiger partial charge in [0.1, 0.15) is 5.15 Å². The van der Waals surface area contributed by atoms with Gasteiger partial charge in [-0.1, -0.05) is 27.5 Å². The van der Waals surface area contributed by atoms with E-state index in [1.165, 1.54) is 18.3 Å². The highest BCUT2D eigenvalue weighted by atomic mass is 79.9. The Hall–Kier alpha value is -1.92. The van der Waals surface area contributed by atoms with Crippen LogP contribution >= 0.6 is 27.5 Å². The summed E-state index contributed by atoms with van der Waals surface area (Å²) in [6.45, 7) is 1.53. The van der Waals surface area contributed by atoms with Crippen LogP contribution in [0.25, 0.3) is 0 Å². The Bertz CT molecular complexity index is 704. The first kappa shape index (κ1) is 16.5. The smallest absolute Gasteiger partial charge is 0.340 e. The summed E-state index contributed by atoms with van der Waals surface area (Å²) in [5, 5.41) is 2.93. The number of hydrogen-bond acceptors (Lipinski definition) is 4. The van der Waals surface area contributed by atoms with Gasteiger partial charge < -0.3 is 10.1 Å². The normalized spacial score (nSPS) is 10.1. The zero-order valence-electron chi connectivity index (χ0n) is 11.6. The molecule has 0 unspecified atom stereocenters. The van der Waals surface area contributed by atoms with Crippen molar-refractivity contribution in [2.45, 2.75) is 6.92 Å². The van der Waals surface area contributed by atoms with Crippen LogP contribution in [0.15, 0.2) is 41.0 Å². The van der Waals surface area contributed by atoms with Gasteiger partial charge in [0, 0.05) is 16.4 Å². The summed E-state index contributed by atoms with van der Waals surface area (Å²) in [6, 6.07) is 8.35. The van der Waals surface area contributed by atoms with Crippen LogP contribution in [-0.4, -0.2) is 23.5 Å². The summed E-state index contributed by atoms with van der Waals surface area (Å²) in [5.41, 5.74) is 1.86. The molecule has 0 aliphatic carbocycles. The van der Waals surface area contributed by atoms with Crippen LogP contribution < -0.4 is 5.32 Å². The first-order valence-electron chi connectivity index (χ1n) is 6.30. The molecule has 22 heavy (non-hydrogen) atoms. The van der Waals surface area contributed by atoms with Gasteiger partial charge in [0.25, 0.3) is 5.91 Å². The maximum atomic E-state index is 11.8. The van der Waals surface area contributed by atoms with E-state index < -0.39 is 11.9 Å². The fourth-order valence-electron chi connectivity index (χ4n) is 1.63. The lowest BCUT2D eigenvalue weighted by Crippen LogP contribution is -2.21. The van der Waals surface area contributed by atoms with E-state index in [9.17, 15) is 9.59 Å². The fraction of sp³-hybridized carbons (Fsp3) is 0.133. The third kappa shape index (κ3) is 4.54. The average Bonchev–Trinajstić information content (AvgIpc) is 2.49. The average molecular weight is 384 g/mol. The highest BCUT2D eigenvalue weighted by Gasteiger charge is 2.11. The molecule has 1 amide bonds. The summed E-state index contributed by atoms with van der Waals surface area (Å²) >= 11 is 9.01. The van der Waals surface area contributed by atoms with Gasteiger partial charge >= 0.3 is 5.97 Å². The van der Waals surface area contributed by atoms with E-state index in [0.29, 0.717) is 5.69 Å². The lowest BCUT2D eigenvalue weighted by molar-refractivity contribution is -0.119. The van der Waals surface area contributed by atoms with Crippen LogP contribution in [0.5, 0.6) is 0 Å². The number of aryl methyl sites for hydroxylation is 1. The molecule has 1 N–H and O–H groups in total. The van der Waals surface area contributed by atoms with E-state index in [2.05, 4.69) is 26.2 Å². The molecular formula is C15H12BrClN2O3. The molecule has 0 bridgehead atoms. The number of pyridine rings is 1. The van der Waals surface area contributed by atoms with E-state index in [1.807, 2.05) is 19.1 Å². The molecule has 0 aliphatic rings. The van der Waals surface area contributed by atoms with Gasteiger partial charge in [-0.05, 0) is 42.8 Å². The van der Waals surface area contributed by atoms with Gasteiger partial charge in [0.05, 0.1) is 5.56 Å². The second-order valence-corrected chi connectivity index (χ2v) is 5.70. The zero-order valence-corrected chi connectivity index (χ0v) is 13.9. The van der Waals surface area contributed by atoms with Crippen LogP contribution in [0.4, 0.5) is 5.69 Å². The Labute approximate surface area is 140 Å². The molecule has 7 heteroatoms. The Morgan fingerprint density at radius 2 is 2.09 bits per heavy atom. The molecule has 114 valence electrons. The van der Waals surface area contributed by atoms with Crippen molar-refractivity contribution in [3.8, 4) is 0 Å². The zero-order chi connectivity index (χ0) is 16.1. The van der Waals surface area contributed by atoms with Crippen LogP contribution in [0, 0.1) is 6.92 Å². The Morgan fingerprint density at radius 3 is 2.73 bits per heavy atom. The lowest BCUT2D eigenvalue weighted by Gasteiger charge is -2.08. The standard InChI is InChI=1S/C15H12BrClN2O3/c1-9-6-11(3-4-12(9)16)19-14(20)8-22-15(21)10-2-5-13(17)18-7-10/h2-7H,8H2,1H3,(H,19,20). The molecule has 0 radical (unpaired) electrons. The summed E-state index contributed by atoms with van der Waals surface area (Å²) in [7, 11) is 0. The number of carbonyl (C=O) groups excluding carboxylic acids is 2. The van der Waals surface area contributed by atoms with Crippen molar-refractivity contribution >= 4 is 45.1 Å². The van der Waals surface area contributed by atoms with Gasteiger partial charge in [0.2, 0.25) is 0 Å². The number of benzene rings is 1. The van der Waals surface area contributed by atoms with Crippen LogP contribution in [0.2, 0.25) is 5.15 Å². The van der Waals surface area contributed by atoms with E-state index in [1.54, 1.807) is 6.07 Å². The molecule has 2 rings (SSSR count). The van der Waals surface area contributed by atoms with E-state index in [4.69, 9.17) is 16.3 Å². The molecule has 1 heterocycles. The number of nitrogens with zero attached hydrogens (tertiary/aromatic N) is 1. The Balaban J connectivity index is 1.88. The quantitative estimate of drug-likeness (QED) is 0.647. The minimum Gasteiger partial charge on any atom is -0.452 e. The van der Waals surface area contributed by atoms with Crippen LogP contribution in [-0.2, 0) is 9.53 Å². The molecule has 0 spiro atoms. The second kappa shape index (κ2) is 7.38. The monoisotopic (exact) mass is 382 g/mol. The van der Waals surface area contributed by atoms with Gasteiger partial charge in [-0.25, -0.2) is 9.78 Å². The molecule has 1 aromatic heterocycles. The van der Waals surface area contributed by atoms with Crippen LogP contribution in [0.3, 0.4) is 0 Å². The molecule has 0 atom stereocenters. The lowest BCUT2D eigenvalue weighted by atomic mass is 10.2. The summed E-state index contributed by atoms with van der Waals surface area (Å²) in [4.78, 5) is 27.3. The number of esters is 1. The number of ether oxygens (including phenoxy) is 1. The number of nitrogens with one attached hydrogen (secondary N) is 1. The number of aromatic nitrogens is 1. The van der Waals surface area contributed by atoms with Crippen molar-refractivity contribution in [3.63, 3.8) is 0 Å². The number of halogens is 2. The molecule has 0 saturated heterocycles. The number of anilines is 1. The SMILES string of the molecule is Cc1cc(NC(=O)COC(=O)c2ccc(Cl)nc2)ccc1Br. The van der Waals surface area contributed by atoms with Gasteiger partial charge in [-0.3, -0.25) is 4.79 Å². The van der Waals surface area contributed by atoms with E-state index >= 15 is 0 Å². The minimum atomic E-state index is -0.633. The van der Waals surface area contributed by atoms with Gasteiger partial charge in [0.15, 0.2) is 6.61 Å². The highest BCUT2D eigenvalue weighted by Crippen LogP contribution is 2.19. The predicted molar refractivity (Wildman–Crippen MR) is 87.0 cm³/mol. The second-order valence-electron chi connectivity index (χ2n) is 4.46. The summed E-state index contributed by atoms with van der Waals surface area (Å²) < 4.78 is 5.86. The van der Waals surface area contributed by atoms with Crippen molar-refractivity contribution in [2.75, 3.05) is 11.9 Å². The van der Waals surface area contributed by atoms with Crippen LogP contribution in [0.1, 0.15) is 15.9 Å². The van der Waals surface area contributed by atoms with E-state index in [-0.39, 0.29) is 17.3 Å². The maximum absolute atomic E-state index is 11.8. The number of hydrogen-bond donors (Lipinski definition) is 1. The molecule has 2 aromatic rings. The molecular weight excluding hydrogens is 372 g/mol. The number of rotatable bonds is 4. The van der Waals surface area contributed by atoms with Crippen molar-refractivity contribution in [1.29, 1.82) is 0 Å². The van der Waals surface area contributed by atoms with Crippen molar-refractivity contribution < 1.29 is 14.3 Å². The van der Waals surface area contributed by atoms with Gasteiger partial charge in [-0.2, -0.15) is 0 Å².